The zero-order valence-corrected chi connectivity index (χ0v) is 13.4. The van der Waals surface area contributed by atoms with E-state index in [1.807, 2.05) is 18.2 Å². The van der Waals surface area contributed by atoms with Gasteiger partial charge in [0.2, 0.25) is 6.79 Å². The maximum atomic E-state index is 5.92. The fourth-order valence-corrected chi connectivity index (χ4v) is 2.35. The molecule has 0 fully saturated rings. The quantitative estimate of drug-likeness (QED) is 0.819. The first-order valence-corrected chi connectivity index (χ1v) is 7.39. The molecule has 1 aliphatic rings. The van der Waals surface area contributed by atoms with Crippen LogP contribution in [0.3, 0.4) is 0 Å². The molecule has 0 spiro atoms. The Kier molecular flexibility index (Phi) is 4.47. The summed E-state index contributed by atoms with van der Waals surface area (Å²) in [5, 5.41) is 6.65. The van der Waals surface area contributed by atoms with E-state index in [2.05, 4.69) is 20.6 Å². The topological polar surface area (TPSA) is 68.3 Å². The van der Waals surface area contributed by atoms with E-state index < -0.39 is 0 Å². The van der Waals surface area contributed by atoms with Crippen LogP contribution in [0.2, 0.25) is 10.3 Å². The van der Waals surface area contributed by atoms with Crippen molar-refractivity contribution in [2.45, 2.75) is 6.54 Å². The highest BCUT2D eigenvalue weighted by molar-refractivity contribution is 7.80. The standard InChI is InChI=1S/C13H10Cl2N4O2S/c14-10-5-16-12(11(15)18-10)19-13(22)17-4-7-1-2-8-9(3-7)21-6-20-8/h1-3,5H,4,6H2,(H2,16,17,19,22). The first kappa shape index (κ1) is 15.1. The number of ether oxygens (including phenoxy) is 2. The Morgan fingerprint density at radius 2 is 2.09 bits per heavy atom. The molecule has 3 rings (SSSR count). The number of nitrogens with one attached hydrogen (secondary N) is 2. The minimum Gasteiger partial charge on any atom is -0.454 e. The Labute approximate surface area is 141 Å². The highest BCUT2D eigenvalue weighted by atomic mass is 35.5. The molecular formula is C13H10Cl2N4O2S. The van der Waals surface area contributed by atoms with Crippen molar-refractivity contribution in [2.24, 2.45) is 0 Å². The Morgan fingerprint density at radius 1 is 1.27 bits per heavy atom. The molecule has 1 aliphatic heterocycles. The summed E-state index contributed by atoms with van der Waals surface area (Å²) in [5.41, 5.74) is 1.00. The Morgan fingerprint density at radius 3 is 2.91 bits per heavy atom. The molecule has 1 aromatic carbocycles. The van der Waals surface area contributed by atoms with Gasteiger partial charge in [-0.05, 0) is 29.9 Å². The van der Waals surface area contributed by atoms with Gasteiger partial charge < -0.3 is 20.1 Å². The zero-order valence-electron chi connectivity index (χ0n) is 11.1. The third kappa shape index (κ3) is 3.49. The number of rotatable bonds is 3. The number of hydrogen-bond acceptors (Lipinski definition) is 5. The average molecular weight is 357 g/mol. The van der Waals surface area contributed by atoms with E-state index in [1.54, 1.807) is 0 Å². The molecule has 2 aromatic rings. The number of aromatic nitrogens is 2. The molecular weight excluding hydrogens is 347 g/mol. The lowest BCUT2D eigenvalue weighted by Gasteiger charge is -2.11. The molecule has 6 nitrogen and oxygen atoms in total. The molecule has 114 valence electrons. The summed E-state index contributed by atoms with van der Waals surface area (Å²) in [7, 11) is 0. The van der Waals surface area contributed by atoms with Crippen LogP contribution in [0, 0.1) is 0 Å². The van der Waals surface area contributed by atoms with E-state index in [0.29, 0.717) is 17.5 Å². The van der Waals surface area contributed by atoms with Crippen LogP contribution < -0.4 is 20.1 Å². The fraction of sp³-hybridized carbons (Fsp3) is 0.154. The lowest BCUT2D eigenvalue weighted by molar-refractivity contribution is 0.174. The van der Waals surface area contributed by atoms with Gasteiger partial charge in [0.25, 0.3) is 0 Å². The van der Waals surface area contributed by atoms with Gasteiger partial charge in [-0.25, -0.2) is 9.97 Å². The van der Waals surface area contributed by atoms with Crippen molar-refractivity contribution in [1.82, 2.24) is 15.3 Å². The Bertz CT molecular complexity index is 729. The SMILES string of the molecule is S=C(NCc1ccc2c(c1)OCO2)Nc1ncc(Cl)nc1Cl. The van der Waals surface area contributed by atoms with Crippen LogP contribution in [0.25, 0.3) is 0 Å². The van der Waals surface area contributed by atoms with Crippen LogP contribution in [-0.2, 0) is 6.54 Å². The second-order valence-corrected chi connectivity index (χ2v) is 5.48. The van der Waals surface area contributed by atoms with Gasteiger partial charge in [-0.1, -0.05) is 29.3 Å². The molecule has 2 N–H and O–H groups in total. The van der Waals surface area contributed by atoms with Crippen LogP contribution in [0.4, 0.5) is 5.82 Å². The molecule has 2 heterocycles. The van der Waals surface area contributed by atoms with Crippen molar-refractivity contribution >= 4 is 46.4 Å². The molecule has 22 heavy (non-hydrogen) atoms. The predicted octanol–water partition coefficient (Wildman–Crippen LogP) is 3.00. The summed E-state index contributed by atoms with van der Waals surface area (Å²) < 4.78 is 10.6. The first-order valence-electron chi connectivity index (χ1n) is 6.23. The molecule has 0 unspecified atom stereocenters. The van der Waals surface area contributed by atoms with Crippen molar-refractivity contribution < 1.29 is 9.47 Å². The van der Waals surface area contributed by atoms with Gasteiger partial charge in [-0.3, -0.25) is 0 Å². The largest absolute Gasteiger partial charge is 0.454 e. The Balaban J connectivity index is 1.58. The number of anilines is 1. The van der Waals surface area contributed by atoms with Crippen molar-refractivity contribution in [2.75, 3.05) is 12.1 Å². The van der Waals surface area contributed by atoms with Crippen LogP contribution >= 0.6 is 35.4 Å². The van der Waals surface area contributed by atoms with Gasteiger partial charge >= 0.3 is 0 Å². The number of halogens is 2. The van der Waals surface area contributed by atoms with E-state index in [9.17, 15) is 0 Å². The monoisotopic (exact) mass is 356 g/mol. The Hall–Kier alpha value is -1.83. The van der Waals surface area contributed by atoms with Crippen LogP contribution in [-0.4, -0.2) is 21.9 Å². The van der Waals surface area contributed by atoms with Crippen molar-refractivity contribution in [3.05, 3.63) is 40.3 Å². The zero-order chi connectivity index (χ0) is 15.5. The highest BCUT2D eigenvalue weighted by Crippen LogP contribution is 2.32. The van der Waals surface area contributed by atoms with Gasteiger partial charge in [0, 0.05) is 6.54 Å². The van der Waals surface area contributed by atoms with Gasteiger partial charge in [-0.2, -0.15) is 0 Å². The van der Waals surface area contributed by atoms with Gasteiger partial charge in [0.15, 0.2) is 27.6 Å². The number of hydrogen-bond donors (Lipinski definition) is 2. The van der Waals surface area contributed by atoms with Crippen LogP contribution in [0.1, 0.15) is 5.56 Å². The van der Waals surface area contributed by atoms with Crippen molar-refractivity contribution in [1.29, 1.82) is 0 Å². The highest BCUT2D eigenvalue weighted by Gasteiger charge is 2.13. The molecule has 9 heteroatoms. The minimum absolute atomic E-state index is 0.153. The fourth-order valence-electron chi connectivity index (χ4n) is 1.82. The normalized spacial score (nSPS) is 12.1. The van der Waals surface area contributed by atoms with Gasteiger partial charge in [0.05, 0.1) is 6.20 Å². The van der Waals surface area contributed by atoms with E-state index in [4.69, 9.17) is 44.9 Å². The second-order valence-electron chi connectivity index (χ2n) is 4.33. The maximum absolute atomic E-state index is 5.92. The number of benzene rings is 1. The number of fused-ring (bicyclic) bond motifs is 1. The summed E-state index contributed by atoms with van der Waals surface area (Å²) in [5.74, 6) is 1.81. The van der Waals surface area contributed by atoms with Crippen LogP contribution in [0.15, 0.2) is 24.4 Å². The number of nitrogens with zero attached hydrogens (tertiary/aromatic N) is 2. The summed E-state index contributed by atoms with van der Waals surface area (Å²) >= 11 is 16.8. The lowest BCUT2D eigenvalue weighted by atomic mass is 10.2. The summed E-state index contributed by atoms with van der Waals surface area (Å²) in [6.07, 6.45) is 1.39. The average Bonchev–Trinajstić information content (AvgIpc) is 2.95. The molecule has 0 amide bonds. The van der Waals surface area contributed by atoms with Gasteiger partial charge in [-0.15, -0.1) is 0 Å². The molecule has 0 radical (unpaired) electrons. The second kappa shape index (κ2) is 6.51. The maximum Gasteiger partial charge on any atom is 0.231 e. The summed E-state index contributed by atoms with van der Waals surface area (Å²) in [4.78, 5) is 7.89. The molecule has 0 atom stereocenters. The van der Waals surface area contributed by atoms with Crippen molar-refractivity contribution in [3.8, 4) is 11.5 Å². The minimum atomic E-state index is 0.153. The summed E-state index contributed by atoms with van der Waals surface area (Å²) in [6, 6.07) is 5.68. The van der Waals surface area contributed by atoms with Crippen molar-refractivity contribution in [3.63, 3.8) is 0 Å². The number of thiocarbonyl (C=S) groups is 1. The molecule has 0 bridgehead atoms. The third-order valence-electron chi connectivity index (χ3n) is 2.82. The molecule has 0 saturated heterocycles. The van der Waals surface area contributed by atoms with E-state index >= 15 is 0 Å². The van der Waals surface area contributed by atoms with E-state index in [-0.39, 0.29) is 17.1 Å². The van der Waals surface area contributed by atoms with Crippen LogP contribution in [0.5, 0.6) is 11.5 Å². The smallest absolute Gasteiger partial charge is 0.231 e. The third-order valence-corrected chi connectivity index (χ3v) is 3.51. The lowest BCUT2D eigenvalue weighted by Crippen LogP contribution is -2.28. The van der Waals surface area contributed by atoms with E-state index in [1.165, 1.54) is 6.20 Å². The molecule has 0 saturated carbocycles. The molecule has 1 aromatic heterocycles. The van der Waals surface area contributed by atoms with Gasteiger partial charge in [0.1, 0.15) is 5.15 Å². The summed E-state index contributed by atoms with van der Waals surface area (Å²) in [6.45, 7) is 0.765. The molecule has 0 aliphatic carbocycles. The predicted molar refractivity (Wildman–Crippen MR) is 87.7 cm³/mol. The van der Waals surface area contributed by atoms with E-state index in [0.717, 1.165) is 17.1 Å². The first-order chi connectivity index (χ1) is 10.6.